The number of hydrogen-bond donors (Lipinski definition) is 2. The van der Waals surface area contributed by atoms with Gasteiger partial charge in [-0.1, -0.05) is 6.07 Å². The number of rotatable bonds is 5. The van der Waals surface area contributed by atoms with Crippen molar-refractivity contribution in [3.63, 3.8) is 0 Å². The molecule has 0 aromatic heterocycles. The van der Waals surface area contributed by atoms with Crippen molar-refractivity contribution in [3.05, 3.63) is 35.4 Å². The minimum absolute atomic E-state index is 0.00496. The highest BCUT2D eigenvalue weighted by atomic mass is 19.1. The van der Waals surface area contributed by atoms with Crippen molar-refractivity contribution in [2.24, 2.45) is 5.73 Å². The molecular weight excluding hydrogens is 254 g/mol. The van der Waals surface area contributed by atoms with Crippen molar-refractivity contribution in [2.75, 3.05) is 13.2 Å². The Morgan fingerprint density at radius 3 is 2.89 bits per heavy atom. The van der Waals surface area contributed by atoms with Crippen LogP contribution < -0.4 is 11.1 Å². The summed E-state index contributed by atoms with van der Waals surface area (Å²) in [5, 5.41) is 2.88. The van der Waals surface area contributed by atoms with Crippen LogP contribution in [-0.4, -0.2) is 25.2 Å². The maximum Gasteiger partial charge on any atom is 0.239 e. The predicted octanol–water partition coefficient (Wildman–Crippen LogP) is 1.26. The largest absolute Gasteiger partial charge is 0.377 e. The lowest BCUT2D eigenvalue weighted by molar-refractivity contribution is -0.120. The monoisotopic (exact) mass is 270 g/mol. The Morgan fingerprint density at radius 1 is 1.53 bits per heavy atom. The fourth-order valence-electron chi connectivity index (χ4n) is 2.15. The zero-order valence-electron chi connectivity index (χ0n) is 10.4. The lowest BCUT2D eigenvalue weighted by Gasteiger charge is -2.19. The summed E-state index contributed by atoms with van der Waals surface area (Å²) in [5.41, 5.74) is 5.31. The molecule has 1 aliphatic heterocycles. The molecule has 0 radical (unpaired) electrons. The minimum atomic E-state index is -0.982. The summed E-state index contributed by atoms with van der Waals surface area (Å²) in [4.78, 5) is 11.4. The van der Waals surface area contributed by atoms with Crippen LogP contribution in [0.4, 0.5) is 8.78 Å². The van der Waals surface area contributed by atoms with Gasteiger partial charge in [-0.05, 0) is 18.9 Å². The number of primary amides is 1. The van der Waals surface area contributed by atoms with Crippen LogP contribution in [0.2, 0.25) is 0 Å². The average Bonchev–Trinajstić information content (AvgIpc) is 2.84. The van der Waals surface area contributed by atoms with Crippen LogP contribution in [-0.2, 0) is 9.53 Å². The third-order valence-corrected chi connectivity index (χ3v) is 3.13. The average molecular weight is 270 g/mol. The normalized spacial score (nSPS) is 20.4. The number of carbonyl (C=O) groups is 1. The number of ether oxygens (including phenoxy) is 1. The molecule has 1 heterocycles. The van der Waals surface area contributed by atoms with E-state index in [1.54, 1.807) is 0 Å². The molecule has 1 fully saturated rings. The van der Waals surface area contributed by atoms with Crippen LogP contribution >= 0.6 is 0 Å². The molecule has 3 N–H and O–H groups in total. The van der Waals surface area contributed by atoms with Crippen molar-refractivity contribution in [3.8, 4) is 0 Å². The standard InChI is InChI=1S/C13H16F2N2O2/c14-8-3-4-10(11(15)6-8)12(13(16)18)17-7-9-2-1-5-19-9/h3-4,6,9,12,17H,1-2,5,7H2,(H2,16,18). The molecule has 2 atom stereocenters. The fraction of sp³-hybridized carbons (Fsp3) is 0.462. The van der Waals surface area contributed by atoms with Crippen LogP contribution in [0.15, 0.2) is 18.2 Å². The van der Waals surface area contributed by atoms with E-state index in [0.29, 0.717) is 13.2 Å². The molecule has 2 rings (SSSR count). The van der Waals surface area contributed by atoms with Gasteiger partial charge in [-0.3, -0.25) is 10.1 Å². The van der Waals surface area contributed by atoms with E-state index in [1.807, 2.05) is 0 Å². The topological polar surface area (TPSA) is 64.4 Å². The Kier molecular flexibility index (Phi) is 4.44. The molecule has 1 aromatic carbocycles. The molecule has 1 aromatic rings. The van der Waals surface area contributed by atoms with Crippen LogP contribution in [0.5, 0.6) is 0 Å². The van der Waals surface area contributed by atoms with Gasteiger partial charge in [0, 0.05) is 24.8 Å². The van der Waals surface area contributed by atoms with E-state index < -0.39 is 23.6 Å². The number of hydrogen-bond acceptors (Lipinski definition) is 3. The molecule has 0 bridgehead atoms. The minimum Gasteiger partial charge on any atom is -0.377 e. The first kappa shape index (κ1) is 13.9. The van der Waals surface area contributed by atoms with Crippen LogP contribution in [0, 0.1) is 11.6 Å². The van der Waals surface area contributed by atoms with Crippen molar-refractivity contribution < 1.29 is 18.3 Å². The number of carbonyl (C=O) groups excluding carboxylic acids is 1. The third-order valence-electron chi connectivity index (χ3n) is 3.13. The molecular formula is C13H16F2N2O2. The van der Waals surface area contributed by atoms with Gasteiger partial charge in [0.25, 0.3) is 0 Å². The van der Waals surface area contributed by atoms with Crippen molar-refractivity contribution >= 4 is 5.91 Å². The number of amides is 1. The summed E-state index contributed by atoms with van der Waals surface area (Å²) in [7, 11) is 0. The molecule has 0 aliphatic carbocycles. The van der Waals surface area contributed by atoms with Gasteiger partial charge in [0.05, 0.1) is 6.10 Å². The second-order valence-corrected chi connectivity index (χ2v) is 4.54. The van der Waals surface area contributed by atoms with Gasteiger partial charge in [0.15, 0.2) is 0 Å². The van der Waals surface area contributed by atoms with Crippen molar-refractivity contribution in [1.29, 1.82) is 0 Å². The summed E-state index contributed by atoms with van der Waals surface area (Å²) < 4.78 is 31.9. The fourth-order valence-corrected chi connectivity index (χ4v) is 2.15. The maximum atomic E-state index is 13.6. The highest BCUT2D eigenvalue weighted by molar-refractivity contribution is 5.81. The van der Waals surface area contributed by atoms with Gasteiger partial charge in [0.2, 0.25) is 5.91 Å². The molecule has 0 saturated carbocycles. The SMILES string of the molecule is NC(=O)C(NCC1CCCO1)c1ccc(F)cc1F. The number of nitrogens with one attached hydrogen (secondary N) is 1. The Hall–Kier alpha value is -1.53. The first-order valence-electron chi connectivity index (χ1n) is 6.17. The zero-order valence-corrected chi connectivity index (χ0v) is 10.4. The van der Waals surface area contributed by atoms with E-state index in [1.165, 1.54) is 6.07 Å². The molecule has 1 saturated heterocycles. The van der Waals surface area contributed by atoms with Crippen LogP contribution in [0.3, 0.4) is 0 Å². The Balaban J connectivity index is 2.08. The highest BCUT2D eigenvalue weighted by Crippen LogP contribution is 2.19. The second-order valence-electron chi connectivity index (χ2n) is 4.54. The molecule has 19 heavy (non-hydrogen) atoms. The van der Waals surface area contributed by atoms with Gasteiger partial charge in [-0.25, -0.2) is 8.78 Å². The molecule has 4 nitrogen and oxygen atoms in total. The first-order chi connectivity index (χ1) is 9.08. The Bertz CT molecular complexity index is 462. The van der Waals surface area contributed by atoms with Crippen LogP contribution in [0.1, 0.15) is 24.4 Å². The third kappa shape index (κ3) is 3.48. The van der Waals surface area contributed by atoms with E-state index in [4.69, 9.17) is 10.5 Å². The van der Waals surface area contributed by atoms with E-state index in [9.17, 15) is 13.6 Å². The van der Waals surface area contributed by atoms with Gasteiger partial charge in [-0.2, -0.15) is 0 Å². The van der Waals surface area contributed by atoms with Gasteiger partial charge in [-0.15, -0.1) is 0 Å². The zero-order chi connectivity index (χ0) is 13.8. The van der Waals surface area contributed by atoms with Crippen LogP contribution in [0.25, 0.3) is 0 Å². The van der Waals surface area contributed by atoms with E-state index in [0.717, 1.165) is 25.0 Å². The van der Waals surface area contributed by atoms with Gasteiger partial charge >= 0.3 is 0 Å². The lowest BCUT2D eigenvalue weighted by atomic mass is 10.0. The summed E-state index contributed by atoms with van der Waals surface area (Å²) in [6.45, 7) is 1.10. The summed E-state index contributed by atoms with van der Waals surface area (Å²) in [5.74, 6) is -2.18. The lowest BCUT2D eigenvalue weighted by Crippen LogP contribution is -2.38. The Labute approximate surface area is 109 Å². The molecule has 104 valence electrons. The summed E-state index contributed by atoms with van der Waals surface area (Å²) in [6.07, 6.45) is 1.87. The van der Waals surface area contributed by atoms with E-state index in [-0.39, 0.29) is 11.7 Å². The van der Waals surface area contributed by atoms with E-state index >= 15 is 0 Å². The Morgan fingerprint density at radius 2 is 2.32 bits per heavy atom. The molecule has 1 aliphatic rings. The quantitative estimate of drug-likeness (QED) is 0.846. The molecule has 2 unspecified atom stereocenters. The maximum absolute atomic E-state index is 13.6. The van der Waals surface area contributed by atoms with Crippen molar-refractivity contribution in [2.45, 2.75) is 25.0 Å². The van der Waals surface area contributed by atoms with Crippen molar-refractivity contribution in [1.82, 2.24) is 5.32 Å². The van der Waals surface area contributed by atoms with E-state index in [2.05, 4.69) is 5.32 Å². The number of nitrogens with two attached hydrogens (primary N) is 1. The van der Waals surface area contributed by atoms with Gasteiger partial charge < -0.3 is 10.5 Å². The predicted molar refractivity (Wildman–Crippen MR) is 65.3 cm³/mol. The molecule has 6 heteroatoms. The second kappa shape index (κ2) is 6.08. The number of benzene rings is 1. The summed E-state index contributed by atoms with van der Waals surface area (Å²) >= 11 is 0. The van der Waals surface area contributed by atoms with Gasteiger partial charge in [0.1, 0.15) is 17.7 Å². The molecule has 1 amide bonds. The smallest absolute Gasteiger partial charge is 0.239 e. The summed E-state index contributed by atoms with van der Waals surface area (Å²) in [6, 6.07) is 2.08. The first-order valence-corrected chi connectivity index (χ1v) is 6.17. The highest BCUT2D eigenvalue weighted by Gasteiger charge is 2.24. The number of halogens is 2. The molecule has 0 spiro atoms.